The van der Waals surface area contributed by atoms with Crippen LogP contribution in [-0.2, 0) is 0 Å². The molecule has 0 radical (unpaired) electrons. The lowest BCUT2D eigenvalue weighted by atomic mass is 10.4. The highest BCUT2D eigenvalue weighted by atomic mass is 35.5. The molecule has 0 aliphatic rings. The molecule has 0 aliphatic carbocycles. The maximum absolute atomic E-state index is 8.89. The Kier molecular flexibility index (Phi) is 1.97. The number of aromatic hydroxyl groups is 1. The van der Waals surface area contributed by atoms with Crippen molar-refractivity contribution in [2.45, 2.75) is 0 Å². The van der Waals surface area contributed by atoms with Crippen LogP contribution in [-0.4, -0.2) is 17.2 Å². The molecule has 1 N–H and O–H groups in total. The molecule has 0 saturated heterocycles. The monoisotopic (exact) mass is 159 g/mol. The summed E-state index contributed by atoms with van der Waals surface area (Å²) in [5.74, 6) is 0.352. The molecule has 0 fully saturated rings. The van der Waals surface area contributed by atoms with Crippen molar-refractivity contribution in [1.82, 2.24) is 4.98 Å². The Morgan fingerprint density at radius 2 is 2.30 bits per heavy atom. The van der Waals surface area contributed by atoms with E-state index in [2.05, 4.69) is 4.98 Å². The molecule has 0 aliphatic heterocycles. The highest BCUT2D eigenvalue weighted by Crippen LogP contribution is 2.22. The van der Waals surface area contributed by atoms with Crippen molar-refractivity contribution in [3.63, 3.8) is 0 Å². The van der Waals surface area contributed by atoms with Crippen molar-refractivity contribution in [1.29, 1.82) is 0 Å². The highest BCUT2D eigenvalue weighted by Gasteiger charge is 1.99. The number of hydrogen-bond donors (Lipinski definition) is 1. The molecule has 1 aromatic heterocycles. The number of pyridine rings is 1. The summed E-state index contributed by atoms with van der Waals surface area (Å²) in [6.45, 7) is 0. The predicted octanol–water partition coefficient (Wildman–Crippen LogP) is 1.45. The molecule has 0 spiro atoms. The van der Waals surface area contributed by atoms with Crippen molar-refractivity contribution in [3.05, 3.63) is 17.3 Å². The van der Waals surface area contributed by atoms with Gasteiger partial charge in [0.1, 0.15) is 0 Å². The van der Waals surface area contributed by atoms with Crippen LogP contribution in [0.2, 0.25) is 5.15 Å². The molecule has 1 heterocycles. The number of methoxy groups -OCH3 is 1. The maximum Gasteiger partial charge on any atom is 0.214 e. The first-order valence-electron chi connectivity index (χ1n) is 2.63. The molecule has 0 amide bonds. The Bertz CT molecular complexity index is 239. The van der Waals surface area contributed by atoms with E-state index in [0.29, 0.717) is 5.88 Å². The van der Waals surface area contributed by atoms with Gasteiger partial charge < -0.3 is 9.84 Å². The second-order valence-electron chi connectivity index (χ2n) is 1.66. The van der Waals surface area contributed by atoms with E-state index in [1.807, 2.05) is 0 Å². The molecule has 1 rings (SSSR count). The van der Waals surface area contributed by atoms with Crippen LogP contribution in [0.5, 0.6) is 11.6 Å². The van der Waals surface area contributed by atoms with E-state index < -0.39 is 0 Å². The van der Waals surface area contributed by atoms with E-state index in [0.717, 1.165) is 0 Å². The Morgan fingerprint density at radius 1 is 1.60 bits per heavy atom. The summed E-state index contributed by atoms with van der Waals surface area (Å²) in [7, 11) is 1.48. The summed E-state index contributed by atoms with van der Waals surface area (Å²) in [6.07, 6.45) is 0. The smallest absolute Gasteiger partial charge is 0.214 e. The number of ether oxygens (including phenoxy) is 1. The minimum Gasteiger partial charge on any atom is -0.505 e. The Morgan fingerprint density at radius 3 is 2.80 bits per heavy atom. The summed E-state index contributed by atoms with van der Waals surface area (Å²) in [4.78, 5) is 3.68. The zero-order valence-electron chi connectivity index (χ0n) is 5.34. The molecule has 0 aromatic carbocycles. The van der Waals surface area contributed by atoms with E-state index in [-0.39, 0.29) is 10.9 Å². The van der Waals surface area contributed by atoms with Crippen molar-refractivity contribution in [2.24, 2.45) is 0 Å². The molecule has 3 nitrogen and oxygen atoms in total. The number of rotatable bonds is 1. The van der Waals surface area contributed by atoms with Crippen LogP contribution in [0.25, 0.3) is 0 Å². The quantitative estimate of drug-likeness (QED) is 0.631. The molecular formula is C6H6ClNO2. The second-order valence-corrected chi connectivity index (χ2v) is 2.02. The summed E-state index contributed by atoms with van der Waals surface area (Å²) in [6, 6.07) is 2.95. The minimum absolute atomic E-state index is 0.0394. The molecule has 0 bridgehead atoms. The van der Waals surface area contributed by atoms with Gasteiger partial charge in [0.25, 0.3) is 0 Å². The Labute approximate surface area is 63.2 Å². The number of halogens is 1. The van der Waals surface area contributed by atoms with E-state index in [4.69, 9.17) is 21.4 Å². The normalized spacial score (nSPS) is 9.40. The maximum atomic E-state index is 8.89. The molecule has 0 unspecified atom stereocenters. The lowest BCUT2D eigenvalue weighted by Crippen LogP contribution is -1.86. The van der Waals surface area contributed by atoms with Crippen molar-refractivity contribution in [2.75, 3.05) is 7.11 Å². The highest BCUT2D eigenvalue weighted by molar-refractivity contribution is 6.30. The van der Waals surface area contributed by atoms with Gasteiger partial charge in [-0.25, -0.2) is 0 Å². The third kappa shape index (κ3) is 1.30. The molecule has 10 heavy (non-hydrogen) atoms. The number of aromatic nitrogens is 1. The van der Waals surface area contributed by atoms with Gasteiger partial charge in [0.15, 0.2) is 10.9 Å². The van der Waals surface area contributed by atoms with E-state index in [1.165, 1.54) is 19.2 Å². The van der Waals surface area contributed by atoms with Gasteiger partial charge in [-0.3, -0.25) is 0 Å². The third-order valence-corrected chi connectivity index (χ3v) is 1.29. The SMILES string of the molecule is COc1ccc(O)c(Cl)n1. The Hall–Kier alpha value is -0.960. The molecule has 0 atom stereocenters. The van der Waals surface area contributed by atoms with Crippen LogP contribution >= 0.6 is 11.6 Å². The number of nitrogens with zero attached hydrogens (tertiary/aromatic N) is 1. The van der Waals surface area contributed by atoms with Gasteiger partial charge in [0, 0.05) is 6.07 Å². The number of hydrogen-bond acceptors (Lipinski definition) is 3. The fraction of sp³-hybridized carbons (Fsp3) is 0.167. The van der Waals surface area contributed by atoms with Gasteiger partial charge in [-0.15, -0.1) is 0 Å². The van der Waals surface area contributed by atoms with E-state index in [9.17, 15) is 0 Å². The van der Waals surface area contributed by atoms with Crippen LogP contribution in [0.4, 0.5) is 0 Å². The second kappa shape index (κ2) is 2.75. The average molecular weight is 160 g/mol. The van der Waals surface area contributed by atoms with Gasteiger partial charge in [-0.05, 0) is 6.07 Å². The molecule has 4 heteroatoms. The zero-order valence-corrected chi connectivity index (χ0v) is 6.09. The van der Waals surface area contributed by atoms with Crippen molar-refractivity contribution in [3.8, 4) is 11.6 Å². The molecule has 54 valence electrons. The van der Waals surface area contributed by atoms with Crippen molar-refractivity contribution < 1.29 is 9.84 Å². The average Bonchev–Trinajstić information content (AvgIpc) is 1.95. The van der Waals surface area contributed by atoms with Gasteiger partial charge >= 0.3 is 0 Å². The summed E-state index contributed by atoms with van der Waals surface area (Å²) in [5.41, 5.74) is 0. The van der Waals surface area contributed by atoms with Gasteiger partial charge in [-0.2, -0.15) is 4.98 Å². The molecular weight excluding hydrogens is 154 g/mol. The third-order valence-electron chi connectivity index (χ3n) is 1.01. The van der Waals surface area contributed by atoms with E-state index >= 15 is 0 Å². The van der Waals surface area contributed by atoms with Gasteiger partial charge in [0.05, 0.1) is 7.11 Å². The van der Waals surface area contributed by atoms with Gasteiger partial charge in [-0.1, -0.05) is 11.6 Å². The Balaban J connectivity index is 3.04. The predicted molar refractivity (Wildman–Crippen MR) is 37.5 cm³/mol. The fourth-order valence-corrected chi connectivity index (χ4v) is 0.670. The first-order valence-corrected chi connectivity index (χ1v) is 3.01. The summed E-state index contributed by atoms with van der Waals surface area (Å²) in [5, 5.41) is 8.94. The minimum atomic E-state index is -0.0394. The van der Waals surface area contributed by atoms with Crippen LogP contribution in [0.15, 0.2) is 12.1 Å². The topological polar surface area (TPSA) is 42.4 Å². The van der Waals surface area contributed by atoms with Crippen LogP contribution in [0.3, 0.4) is 0 Å². The van der Waals surface area contributed by atoms with Crippen molar-refractivity contribution >= 4 is 11.6 Å². The van der Waals surface area contributed by atoms with Crippen LogP contribution in [0.1, 0.15) is 0 Å². The largest absolute Gasteiger partial charge is 0.505 e. The summed E-state index contributed by atoms with van der Waals surface area (Å²) < 4.78 is 4.74. The van der Waals surface area contributed by atoms with Crippen LogP contribution < -0.4 is 4.74 Å². The van der Waals surface area contributed by atoms with Crippen LogP contribution in [0, 0.1) is 0 Å². The fourth-order valence-electron chi connectivity index (χ4n) is 0.524. The first-order chi connectivity index (χ1) is 4.74. The molecule has 1 aromatic rings. The zero-order chi connectivity index (χ0) is 7.56. The first kappa shape index (κ1) is 7.15. The lowest BCUT2D eigenvalue weighted by molar-refractivity contribution is 0.394. The standard InChI is InChI=1S/C6H6ClNO2/c1-10-5-3-2-4(9)6(7)8-5/h2-3,9H,1H3. The molecule has 0 saturated carbocycles. The lowest BCUT2D eigenvalue weighted by Gasteiger charge is -1.98. The summed E-state index contributed by atoms with van der Waals surface area (Å²) >= 11 is 5.45. The van der Waals surface area contributed by atoms with E-state index in [1.54, 1.807) is 0 Å². The van der Waals surface area contributed by atoms with Gasteiger partial charge in [0.2, 0.25) is 5.88 Å².